The highest BCUT2D eigenvalue weighted by Gasteiger charge is 2.03. The quantitative estimate of drug-likeness (QED) is 0.796. The molecule has 3 heteroatoms. The van der Waals surface area contributed by atoms with E-state index in [1.54, 1.807) is 30.3 Å². The van der Waals surface area contributed by atoms with Crippen molar-refractivity contribution in [1.82, 2.24) is 0 Å². The molecule has 0 aromatic heterocycles. The molecule has 17 heavy (non-hydrogen) atoms. The standard InChI is InChI=1S/C14H12N2O/c1-10-5-6-13(16)14(7-10)17-12-4-2-3-11(8-12)9-15/h2-8H,16H2,1H3. The Morgan fingerprint density at radius 2 is 2.00 bits per heavy atom. The Hall–Kier alpha value is -2.47. The molecule has 0 radical (unpaired) electrons. The van der Waals surface area contributed by atoms with E-state index in [0.717, 1.165) is 5.56 Å². The molecule has 0 saturated carbocycles. The smallest absolute Gasteiger partial charge is 0.150 e. The number of nitriles is 1. The molecule has 2 rings (SSSR count). The highest BCUT2D eigenvalue weighted by molar-refractivity contribution is 5.55. The van der Waals surface area contributed by atoms with Gasteiger partial charge in [0.1, 0.15) is 5.75 Å². The number of aryl methyl sites for hydroxylation is 1. The van der Waals surface area contributed by atoms with E-state index in [1.807, 2.05) is 19.1 Å². The predicted octanol–water partition coefficient (Wildman–Crippen LogP) is 3.24. The van der Waals surface area contributed by atoms with Gasteiger partial charge in [-0.1, -0.05) is 12.1 Å². The molecule has 3 nitrogen and oxygen atoms in total. The molecule has 0 amide bonds. The molecule has 2 aromatic carbocycles. The van der Waals surface area contributed by atoms with Gasteiger partial charge in [0.05, 0.1) is 17.3 Å². The van der Waals surface area contributed by atoms with Gasteiger partial charge >= 0.3 is 0 Å². The van der Waals surface area contributed by atoms with Crippen molar-refractivity contribution in [1.29, 1.82) is 5.26 Å². The fourth-order valence-corrected chi connectivity index (χ4v) is 1.49. The van der Waals surface area contributed by atoms with Gasteiger partial charge in [0.25, 0.3) is 0 Å². The normalized spacial score (nSPS) is 9.65. The topological polar surface area (TPSA) is 59.0 Å². The van der Waals surface area contributed by atoms with E-state index >= 15 is 0 Å². The molecule has 0 aliphatic rings. The van der Waals surface area contributed by atoms with Gasteiger partial charge in [-0.25, -0.2) is 0 Å². The van der Waals surface area contributed by atoms with Crippen LogP contribution in [0, 0.1) is 18.3 Å². The number of ether oxygens (including phenoxy) is 1. The van der Waals surface area contributed by atoms with Gasteiger partial charge in [0, 0.05) is 0 Å². The molecule has 0 saturated heterocycles. The summed E-state index contributed by atoms with van der Waals surface area (Å²) in [5.41, 5.74) is 8.04. The Balaban J connectivity index is 2.31. The monoisotopic (exact) mass is 224 g/mol. The second kappa shape index (κ2) is 4.58. The Bertz CT molecular complexity index is 585. The zero-order chi connectivity index (χ0) is 12.3. The van der Waals surface area contributed by atoms with Crippen molar-refractivity contribution in [3.63, 3.8) is 0 Å². The number of nitrogens with two attached hydrogens (primary N) is 1. The van der Waals surface area contributed by atoms with Crippen molar-refractivity contribution in [2.45, 2.75) is 6.92 Å². The van der Waals surface area contributed by atoms with Crippen LogP contribution in [0.25, 0.3) is 0 Å². The van der Waals surface area contributed by atoms with Gasteiger partial charge in [0.15, 0.2) is 5.75 Å². The third-order valence-electron chi connectivity index (χ3n) is 2.36. The summed E-state index contributed by atoms with van der Waals surface area (Å²) < 4.78 is 5.66. The van der Waals surface area contributed by atoms with Crippen LogP contribution in [0.3, 0.4) is 0 Å². The number of hydrogen-bond acceptors (Lipinski definition) is 3. The third-order valence-corrected chi connectivity index (χ3v) is 2.36. The lowest BCUT2D eigenvalue weighted by Crippen LogP contribution is -1.92. The van der Waals surface area contributed by atoms with Crippen LogP contribution in [0.15, 0.2) is 42.5 Å². The van der Waals surface area contributed by atoms with Crippen LogP contribution in [0.4, 0.5) is 5.69 Å². The summed E-state index contributed by atoms with van der Waals surface area (Å²) >= 11 is 0. The molecule has 0 atom stereocenters. The summed E-state index contributed by atoms with van der Waals surface area (Å²) in [6.45, 7) is 1.97. The number of hydrogen-bond donors (Lipinski definition) is 1. The highest BCUT2D eigenvalue weighted by Crippen LogP contribution is 2.28. The second-order valence-electron chi connectivity index (χ2n) is 3.78. The van der Waals surface area contributed by atoms with Crippen LogP contribution in [0.5, 0.6) is 11.5 Å². The van der Waals surface area contributed by atoms with Gasteiger partial charge < -0.3 is 10.5 Å². The molecular weight excluding hydrogens is 212 g/mol. The minimum atomic E-state index is 0.564. The first-order chi connectivity index (χ1) is 8.19. The van der Waals surface area contributed by atoms with Crippen molar-refractivity contribution in [3.05, 3.63) is 53.6 Å². The Morgan fingerprint density at radius 3 is 2.76 bits per heavy atom. The fraction of sp³-hybridized carbons (Fsp3) is 0.0714. The second-order valence-corrected chi connectivity index (χ2v) is 3.78. The lowest BCUT2D eigenvalue weighted by Gasteiger charge is -2.09. The first-order valence-corrected chi connectivity index (χ1v) is 5.23. The minimum Gasteiger partial charge on any atom is -0.455 e. The maximum absolute atomic E-state index is 8.80. The number of rotatable bonds is 2. The summed E-state index contributed by atoms with van der Waals surface area (Å²) in [5, 5.41) is 8.80. The van der Waals surface area contributed by atoms with Crippen molar-refractivity contribution >= 4 is 5.69 Å². The van der Waals surface area contributed by atoms with Gasteiger partial charge in [-0.2, -0.15) is 5.26 Å². The van der Waals surface area contributed by atoms with Crippen molar-refractivity contribution in [2.75, 3.05) is 5.73 Å². The SMILES string of the molecule is Cc1ccc(N)c(Oc2cccc(C#N)c2)c1. The Morgan fingerprint density at radius 1 is 1.18 bits per heavy atom. The maximum atomic E-state index is 8.80. The summed E-state index contributed by atoms with van der Waals surface area (Å²) in [4.78, 5) is 0. The van der Waals surface area contributed by atoms with Crippen LogP contribution in [-0.2, 0) is 0 Å². The average Bonchev–Trinajstić information content (AvgIpc) is 2.34. The molecule has 2 aromatic rings. The number of nitrogen functional groups attached to an aromatic ring is 1. The molecule has 0 unspecified atom stereocenters. The molecule has 0 aliphatic heterocycles. The Kier molecular flexibility index (Phi) is 2.97. The average molecular weight is 224 g/mol. The van der Waals surface area contributed by atoms with Gasteiger partial charge in [-0.15, -0.1) is 0 Å². The first-order valence-electron chi connectivity index (χ1n) is 5.23. The van der Waals surface area contributed by atoms with Gasteiger partial charge in [-0.05, 0) is 42.8 Å². The molecule has 0 heterocycles. The lowest BCUT2D eigenvalue weighted by atomic mass is 10.2. The van der Waals surface area contributed by atoms with E-state index in [0.29, 0.717) is 22.7 Å². The largest absolute Gasteiger partial charge is 0.455 e. The van der Waals surface area contributed by atoms with Gasteiger partial charge in [0.2, 0.25) is 0 Å². The summed E-state index contributed by atoms with van der Waals surface area (Å²) in [6.07, 6.45) is 0. The van der Waals surface area contributed by atoms with E-state index in [-0.39, 0.29) is 0 Å². The van der Waals surface area contributed by atoms with Crippen LogP contribution < -0.4 is 10.5 Å². The zero-order valence-corrected chi connectivity index (χ0v) is 9.47. The van der Waals surface area contributed by atoms with Crippen LogP contribution in [0.2, 0.25) is 0 Å². The first kappa shape index (κ1) is 11.0. The van der Waals surface area contributed by atoms with Gasteiger partial charge in [-0.3, -0.25) is 0 Å². The van der Waals surface area contributed by atoms with Crippen LogP contribution in [0.1, 0.15) is 11.1 Å². The third kappa shape index (κ3) is 2.56. The number of anilines is 1. The fourth-order valence-electron chi connectivity index (χ4n) is 1.49. The molecular formula is C14H12N2O. The maximum Gasteiger partial charge on any atom is 0.150 e. The molecule has 0 fully saturated rings. The molecule has 2 N–H and O–H groups in total. The van der Waals surface area contributed by atoms with Crippen LogP contribution >= 0.6 is 0 Å². The number of nitrogens with zero attached hydrogens (tertiary/aromatic N) is 1. The summed E-state index contributed by atoms with van der Waals surface area (Å²) in [6, 6.07) is 14.6. The van der Waals surface area contributed by atoms with Crippen molar-refractivity contribution in [2.24, 2.45) is 0 Å². The van der Waals surface area contributed by atoms with E-state index < -0.39 is 0 Å². The summed E-state index contributed by atoms with van der Waals surface area (Å²) in [7, 11) is 0. The molecule has 0 spiro atoms. The predicted molar refractivity (Wildman–Crippen MR) is 66.8 cm³/mol. The van der Waals surface area contributed by atoms with E-state index in [2.05, 4.69) is 6.07 Å². The van der Waals surface area contributed by atoms with E-state index in [1.165, 1.54) is 0 Å². The Labute approximate surface area is 100 Å². The molecule has 84 valence electrons. The minimum absolute atomic E-state index is 0.564. The van der Waals surface area contributed by atoms with Crippen molar-refractivity contribution < 1.29 is 4.74 Å². The van der Waals surface area contributed by atoms with E-state index in [9.17, 15) is 0 Å². The summed E-state index contributed by atoms with van der Waals surface area (Å²) in [5.74, 6) is 1.22. The van der Waals surface area contributed by atoms with Crippen LogP contribution in [-0.4, -0.2) is 0 Å². The van der Waals surface area contributed by atoms with Crippen molar-refractivity contribution in [3.8, 4) is 17.6 Å². The number of benzene rings is 2. The molecule has 0 bridgehead atoms. The zero-order valence-electron chi connectivity index (χ0n) is 9.47. The lowest BCUT2D eigenvalue weighted by molar-refractivity contribution is 0.484. The van der Waals surface area contributed by atoms with E-state index in [4.69, 9.17) is 15.7 Å². The molecule has 0 aliphatic carbocycles. The highest BCUT2D eigenvalue weighted by atomic mass is 16.5.